The molecule has 78 valence electrons. The Kier molecular flexibility index (Phi) is 2.89. The molecule has 0 aliphatic heterocycles. The van der Waals surface area contributed by atoms with Gasteiger partial charge in [-0.1, -0.05) is 23.8 Å². The van der Waals surface area contributed by atoms with E-state index < -0.39 is 0 Å². The van der Waals surface area contributed by atoms with Gasteiger partial charge in [-0.2, -0.15) is 0 Å². The quantitative estimate of drug-likeness (QED) is 0.818. The zero-order valence-electron chi connectivity index (χ0n) is 9.08. The number of thiophene rings is 1. The molecule has 0 spiro atoms. The molecule has 0 aliphatic rings. The van der Waals surface area contributed by atoms with Crippen molar-refractivity contribution in [1.82, 2.24) is 0 Å². The third kappa shape index (κ3) is 2.11. The van der Waals surface area contributed by atoms with Crippen molar-refractivity contribution >= 4 is 11.3 Å². The van der Waals surface area contributed by atoms with E-state index in [1.165, 1.54) is 26.4 Å². The molecule has 0 aliphatic carbocycles. The van der Waals surface area contributed by atoms with Crippen LogP contribution in [0.3, 0.4) is 0 Å². The van der Waals surface area contributed by atoms with Crippen LogP contribution in [-0.4, -0.2) is 0 Å². The van der Waals surface area contributed by atoms with Crippen LogP contribution in [0, 0.1) is 13.8 Å². The van der Waals surface area contributed by atoms with Gasteiger partial charge in [0.2, 0.25) is 0 Å². The first kappa shape index (κ1) is 10.4. The monoisotopic (exact) mass is 217 g/mol. The van der Waals surface area contributed by atoms with E-state index >= 15 is 0 Å². The summed E-state index contributed by atoms with van der Waals surface area (Å²) in [5.41, 5.74) is 9.58. The third-order valence-corrected chi connectivity index (χ3v) is 3.66. The lowest BCUT2D eigenvalue weighted by molar-refractivity contribution is 1.11. The second kappa shape index (κ2) is 4.17. The molecule has 1 aromatic heterocycles. The lowest BCUT2D eigenvalue weighted by Gasteiger charge is -2.04. The highest BCUT2D eigenvalue weighted by molar-refractivity contribution is 7.15. The first-order chi connectivity index (χ1) is 7.20. The van der Waals surface area contributed by atoms with Gasteiger partial charge in [-0.15, -0.1) is 11.3 Å². The maximum atomic E-state index is 5.62. The molecular formula is C13H15NS. The lowest BCUT2D eigenvalue weighted by atomic mass is 10.0. The van der Waals surface area contributed by atoms with Crippen LogP contribution in [0.1, 0.15) is 16.0 Å². The molecule has 1 nitrogen and oxygen atoms in total. The summed E-state index contributed by atoms with van der Waals surface area (Å²) in [6.07, 6.45) is 0. The van der Waals surface area contributed by atoms with Gasteiger partial charge >= 0.3 is 0 Å². The third-order valence-electron chi connectivity index (χ3n) is 2.52. The molecule has 2 aromatic rings. The van der Waals surface area contributed by atoms with Crippen molar-refractivity contribution in [2.75, 3.05) is 0 Å². The summed E-state index contributed by atoms with van der Waals surface area (Å²) in [5, 5.41) is 0. The van der Waals surface area contributed by atoms with Gasteiger partial charge in [0.25, 0.3) is 0 Å². The Balaban J connectivity index is 2.48. The van der Waals surface area contributed by atoms with Gasteiger partial charge in [-0.05, 0) is 37.1 Å². The summed E-state index contributed by atoms with van der Waals surface area (Å²) >= 11 is 1.78. The maximum Gasteiger partial charge on any atom is 0.0348 e. The Morgan fingerprint density at radius 3 is 2.60 bits per heavy atom. The van der Waals surface area contributed by atoms with Crippen LogP contribution in [0.25, 0.3) is 10.4 Å². The minimum Gasteiger partial charge on any atom is -0.326 e. The van der Waals surface area contributed by atoms with E-state index in [4.69, 9.17) is 5.73 Å². The van der Waals surface area contributed by atoms with Gasteiger partial charge in [0.15, 0.2) is 0 Å². The highest BCUT2D eigenvalue weighted by Gasteiger charge is 2.05. The summed E-state index contributed by atoms with van der Waals surface area (Å²) in [4.78, 5) is 2.56. The average Bonchev–Trinajstić information content (AvgIpc) is 2.70. The Morgan fingerprint density at radius 1 is 1.13 bits per heavy atom. The summed E-state index contributed by atoms with van der Waals surface area (Å²) in [6.45, 7) is 4.91. The van der Waals surface area contributed by atoms with Crippen molar-refractivity contribution in [3.63, 3.8) is 0 Å². The second-order valence-corrected chi connectivity index (χ2v) is 4.96. The average molecular weight is 217 g/mol. The van der Waals surface area contributed by atoms with Crippen molar-refractivity contribution in [2.45, 2.75) is 20.4 Å². The zero-order valence-corrected chi connectivity index (χ0v) is 9.90. The second-order valence-electron chi connectivity index (χ2n) is 3.79. The first-order valence-electron chi connectivity index (χ1n) is 5.07. The standard InChI is InChI=1S/C13H15NS/c1-9-3-4-10(2)12(7-9)13-6-5-11(8-14)15-13/h3-7H,8,14H2,1-2H3. The molecule has 0 atom stereocenters. The fourth-order valence-corrected chi connectivity index (χ4v) is 2.60. The molecular weight excluding hydrogens is 202 g/mol. The highest BCUT2D eigenvalue weighted by atomic mass is 32.1. The van der Waals surface area contributed by atoms with E-state index in [1.807, 2.05) is 0 Å². The number of hydrogen-bond acceptors (Lipinski definition) is 2. The van der Waals surface area contributed by atoms with Crippen LogP contribution in [0.5, 0.6) is 0 Å². The number of benzene rings is 1. The van der Waals surface area contributed by atoms with E-state index in [0.29, 0.717) is 6.54 Å². The van der Waals surface area contributed by atoms with E-state index in [1.54, 1.807) is 11.3 Å². The number of rotatable bonds is 2. The predicted octanol–water partition coefficient (Wildman–Crippen LogP) is 3.49. The number of aryl methyl sites for hydroxylation is 2. The molecule has 0 amide bonds. The van der Waals surface area contributed by atoms with Crippen molar-refractivity contribution in [3.05, 3.63) is 46.3 Å². The normalized spacial score (nSPS) is 10.6. The van der Waals surface area contributed by atoms with Gasteiger partial charge in [0.1, 0.15) is 0 Å². The van der Waals surface area contributed by atoms with Crippen LogP contribution in [0.15, 0.2) is 30.3 Å². The summed E-state index contributed by atoms with van der Waals surface area (Å²) in [6, 6.07) is 10.8. The van der Waals surface area contributed by atoms with Crippen molar-refractivity contribution in [2.24, 2.45) is 5.73 Å². The topological polar surface area (TPSA) is 26.0 Å². The Bertz CT molecular complexity index is 471. The number of hydrogen-bond donors (Lipinski definition) is 1. The van der Waals surface area contributed by atoms with Gasteiger partial charge in [-0.3, -0.25) is 0 Å². The zero-order chi connectivity index (χ0) is 10.8. The van der Waals surface area contributed by atoms with Crippen LogP contribution >= 0.6 is 11.3 Å². The van der Waals surface area contributed by atoms with E-state index in [2.05, 4.69) is 44.2 Å². The van der Waals surface area contributed by atoms with Crippen molar-refractivity contribution in [3.8, 4) is 10.4 Å². The fourth-order valence-electron chi connectivity index (χ4n) is 1.63. The molecule has 0 bridgehead atoms. The van der Waals surface area contributed by atoms with Gasteiger partial charge in [0, 0.05) is 16.3 Å². The fraction of sp³-hybridized carbons (Fsp3) is 0.231. The van der Waals surface area contributed by atoms with Crippen molar-refractivity contribution in [1.29, 1.82) is 0 Å². The molecule has 0 fully saturated rings. The lowest BCUT2D eigenvalue weighted by Crippen LogP contribution is -1.91. The minimum absolute atomic E-state index is 0.634. The molecule has 15 heavy (non-hydrogen) atoms. The highest BCUT2D eigenvalue weighted by Crippen LogP contribution is 2.30. The Labute approximate surface area is 94.6 Å². The first-order valence-corrected chi connectivity index (χ1v) is 5.89. The minimum atomic E-state index is 0.634. The maximum absolute atomic E-state index is 5.62. The molecule has 0 saturated carbocycles. The summed E-state index contributed by atoms with van der Waals surface area (Å²) in [5.74, 6) is 0. The van der Waals surface area contributed by atoms with E-state index in [-0.39, 0.29) is 0 Å². The molecule has 1 aromatic carbocycles. The largest absolute Gasteiger partial charge is 0.326 e. The van der Waals surface area contributed by atoms with Gasteiger partial charge in [0.05, 0.1) is 0 Å². The molecule has 0 saturated heterocycles. The molecule has 1 heterocycles. The Morgan fingerprint density at radius 2 is 1.93 bits per heavy atom. The van der Waals surface area contributed by atoms with Crippen LogP contribution < -0.4 is 5.73 Å². The SMILES string of the molecule is Cc1ccc(C)c(-c2ccc(CN)s2)c1. The van der Waals surface area contributed by atoms with Gasteiger partial charge in [-0.25, -0.2) is 0 Å². The predicted molar refractivity (Wildman–Crippen MR) is 67.1 cm³/mol. The van der Waals surface area contributed by atoms with E-state index in [9.17, 15) is 0 Å². The summed E-state index contributed by atoms with van der Waals surface area (Å²) in [7, 11) is 0. The molecule has 2 N–H and O–H groups in total. The van der Waals surface area contributed by atoms with Crippen molar-refractivity contribution < 1.29 is 0 Å². The smallest absolute Gasteiger partial charge is 0.0348 e. The summed E-state index contributed by atoms with van der Waals surface area (Å²) < 4.78 is 0. The molecule has 0 unspecified atom stereocenters. The Hall–Kier alpha value is -1.12. The molecule has 2 rings (SSSR count). The molecule has 2 heteroatoms. The molecule has 0 radical (unpaired) electrons. The van der Waals surface area contributed by atoms with Crippen LogP contribution in [-0.2, 0) is 6.54 Å². The van der Waals surface area contributed by atoms with E-state index in [0.717, 1.165) is 0 Å². The van der Waals surface area contributed by atoms with Gasteiger partial charge < -0.3 is 5.73 Å². The van der Waals surface area contributed by atoms with Crippen LogP contribution in [0.4, 0.5) is 0 Å². The van der Waals surface area contributed by atoms with Crippen LogP contribution in [0.2, 0.25) is 0 Å². The number of nitrogens with two attached hydrogens (primary N) is 1.